The standard InChI is InChI=1S/C15H19N5O/c1-11-13(10-19(2)18-11)15(21)20-7-6-17-9-14(20)12-4-3-5-16-8-12/h3-5,8,10,14,17H,6-7,9H2,1-2H3. The molecule has 1 amide bonds. The quantitative estimate of drug-likeness (QED) is 0.891. The van der Waals surface area contributed by atoms with Crippen molar-refractivity contribution in [3.05, 3.63) is 47.5 Å². The van der Waals surface area contributed by atoms with Gasteiger partial charge in [-0.2, -0.15) is 5.10 Å². The van der Waals surface area contributed by atoms with Crippen LogP contribution >= 0.6 is 0 Å². The number of aryl methyl sites for hydroxylation is 2. The first kappa shape index (κ1) is 13.8. The van der Waals surface area contributed by atoms with Crippen LogP contribution < -0.4 is 5.32 Å². The van der Waals surface area contributed by atoms with E-state index in [1.54, 1.807) is 17.1 Å². The Hall–Kier alpha value is -2.21. The summed E-state index contributed by atoms with van der Waals surface area (Å²) < 4.78 is 1.68. The van der Waals surface area contributed by atoms with Crippen LogP contribution in [0.15, 0.2) is 30.7 Å². The van der Waals surface area contributed by atoms with Crippen LogP contribution in [-0.4, -0.2) is 45.2 Å². The van der Waals surface area contributed by atoms with Crippen LogP contribution in [0.4, 0.5) is 0 Å². The van der Waals surface area contributed by atoms with Gasteiger partial charge in [-0.05, 0) is 18.6 Å². The molecule has 3 heterocycles. The molecule has 1 atom stereocenters. The molecule has 110 valence electrons. The van der Waals surface area contributed by atoms with Crippen molar-refractivity contribution in [3.8, 4) is 0 Å². The van der Waals surface area contributed by atoms with Gasteiger partial charge in [-0.25, -0.2) is 0 Å². The summed E-state index contributed by atoms with van der Waals surface area (Å²) >= 11 is 0. The van der Waals surface area contributed by atoms with Gasteiger partial charge in [0.05, 0.1) is 17.3 Å². The van der Waals surface area contributed by atoms with Crippen LogP contribution in [-0.2, 0) is 7.05 Å². The van der Waals surface area contributed by atoms with Crippen LogP contribution in [0.3, 0.4) is 0 Å². The Labute approximate surface area is 123 Å². The average molecular weight is 285 g/mol. The lowest BCUT2D eigenvalue weighted by Crippen LogP contribution is -2.48. The van der Waals surface area contributed by atoms with Gasteiger partial charge in [0.15, 0.2) is 0 Å². The van der Waals surface area contributed by atoms with Gasteiger partial charge in [0, 0.05) is 45.3 Å². The van der Waals surface area contributed by atoms with Gasteiger partial charge in [-0.1, -0.05) is 6.07 Å². The number of nitrogens with zero attached hydrogens (tertiary/aromatic N) is 4. The third-order valence-corrected chi connectivity index (χ3v) is 3.82. The summed E-state index contributed by atoms with van der Waals surface area (Å²) in [4.78, 5) is 18.9. The summed E-state index contributed by atoms with van der Waals surface area (Å²) in [5.41, 5.74) is 2.50. The molecule has 1 aliphatic heterocycles. The van der Waals surface area contributed by atoms with Gasteiger partial charge in [0.25, 0.3) is 5.91 Å². The molecular weight excluding hydrogens is 266 g/mol. The molecule has 1 N–H and O–H groups in total. The van der Waals surface area contributed by atoms with Gasteiger partial charge in [0.1, 0.15) is 0 Å². The molecule has 0 saturated carbocycles. The Morgan fingerprint density at radius 3 is 3.00 bits per heavy atom. The fraction of sp³-hybridized carbons (Fsp3) is 0.400. The van der Waals surface area contributed by atoms with E-state index in [0.717, 1.165) is 24.3 Å². The van der Waals surface area contributed by atoms with Gasteiger partial charge < -0.3 is 10.2 Å². The fourth-order valence-electron chi connectivity index (χ4n) is 2.78. The Morgan fingerprint density at radius 2 is 2.33 bits per heavy atom. The van der Waals surface area contributed by atoms with E-state index in [1.807, 2.05) is 37.2 Å². The molecule has 0 bridgehead atoms. The molecule has 0 aromatic carbocycles. The van der Waals surface area contributed by atoms with Crippen molar-refractivity contribution >= 4 is 5.91 Å². The molecule has 1 aliphatic rings. The summed E-state index contributed by atoms with van der Waals surface area (Å²) in [6.07, 6.45) is 5.37. The van der Waals surface area contributed by atoms with E-state index in [-0.39, 0.29) is 11.9 Å². The predicted octanol–water partition coefficient (Wildman–Crippen LogP) is 0.910. The molecule has 3 rings (SSSR count). The minimum atomic E-state index is 0.0135. The topological polar surface area (TPSA) is 63.1 Å². The maximum absolute atomic E-state index is 12.8. The van der Waals surface area contributed by atoms with E-state index < -0.39 is 0 Å². The molecule has 6 nitrogen and oxygen atoms in total. The van der Waals surface area contributed by atoms with Gasteiger partial charge >= 0.3 is 0 Å². The molecule has 0 radical (unpaired) electrons. The number of pyridine rings is 1. The largest absolute Gasteiger partial charge is 0.329 e. The van der Waals surface area contributed by atoms with E-state index in [2.05, 4.69) is 15.4 Å². The number of carbonyl (C=O) groups is 1. The highest BCUT2D eigenvalue weighted by Crippen LogP contribution is 2.24. The number of aromatic nitrogens is 3. The number of hydrogen-bond donors (Lipinski definition) is 1. The first-order valence-corrected chi connectivity index (χ1v) is 7.08. The predicted molar refractivity (Wildman–Crippen MR) is 78.8 cm³/mol. The molecule has 2 aromatic rings. The van der Waals surface area contributed by atoms with Crippen molar-refractivity contribution in [2.45, 2.75) is 13.0 Å². The summed E-state index contributed by atoms with van der Waals surface area (Å²) in [5, 5.41) is 7.61. The lowest BCUT2D eigenvalue weighted by Gasteiger charge is -2.36. The first-order valence-electron chi connectivity index (χ1n) is 7.08. The summed E-state index contributed by atoms with van der Waals surface area (Å²) in [7, 11) is 1.83. The maximum atomic E-state index is 12.8. The summed E-state index contributed by atoms with van der Waals surface area (Å²) in [5.74, 6) is 0.0379. The highest BCUT2D eigenvalue weighted by Gasteiger charge is 2.30. The maximum Gasteiger partial charge on any atom is 0.257 e. The van der Waals surface area contributed by atoms with Crippen molar-refractivity contribution in [1.29, 1.82) is 0 Å². The van der Waals surface area contributed by atoms with Crippen molar-refractivity contribution < 1.29 is 4.79 Å². The van der Waals surface area contributed by atoms with Crippen molar-refractivity contribution in [3.63, 3.8) is 0 Å². The number of rotatable bonds is 2. The molecular formula is C15H19N5O. The van der Waals surface area contributed by atoms with Gasteiger partial charge in [0.2, 0.25) is 0 Å². The van der Waals surface area contributed by atoms with Crippen LogP contribution in [0.2, 0.25) is 0 Å². The van der Waals surface area contributed by atoms with E-state index in [9.17, 15) is 4.79 Å². The zero-order chi connectivity index (χ0) is 14.8. The van der Waals surface area contributed by atoms with E-state index in [0.29, 0.717) is 12.1 Å². The van der Waals surface area contributed by atoms with Crippen molar-refractivity contribution in [2.75, 3.05) is 19.6 Å². The monoisotopic (exact) mass is 285 g/mol. The van der Waals surface area contributed by atoms with E-state index in [4.69, 9.17) is 0 Å². The Bertz CT molecular complexity index is 637. The zero-order valence-corrected chi connectivity index (χ0v) is 12.3. The minimum Gasteiger partial charge on any atom is -0.329 e. The van der Waals surface area contributed by atoms with Crippen molar-refractivity contribution in [1.82, 2.24) is 25.0 Å². The Balaban J connectivity index is 1.91. The molecule has 1 unspecified atom stereocenters. The molecule has 1 saturated heterocycles. The van der Waals surface area contributed by atoms with Gasteiger partial charge in [-0.15, -0.1) is 0 Å². The fourth-order valence-corrected chi connectivity index (χ4v) is 2.78. The molecule has 6 heteroatoms. The molecule has 1 fully saturated rings. The molecule has 2 aromatic heterocycles. The van der Waals surface area contributed by atoms with Crippen LogP contribution in [0.5, 0.6) is 0 Å². The Kier molecular flexibility index (Phi) is 3.70. The highest BCUT2D eigenvalue weighted by atomic mass is 16.2. The van der Waals surface area contributed by atoms with Crippen LogP contribution in [0.25, 0.3) is 0 Å². The molecule has 21 heavy (non-hydrogen) atoms. The number of amides is 1. The second kappa shape index (κ2) is 5.65. The number of carbonyl (C=O) groups excluding carboxylic acids is 1. The SMILES string of the molecule is Cc1nn(C)cc1C(=O)N1CCNCC1c1cccnc1. The normalized spacial score (nSPS) is 18.8. The smallest absolute Gasteiger partial charge is 0.257 e. The lowest BCUT2D eigenvalue weighted by molar-refractivity contribution is 0.0633. The second-order valence-corrected chi connectivity index (χ2v) is 5.31. The van der Waals surface area contributed by atoms with Crippen LogP contribution in [0.1, 0.15) is 27.7 Å². The first-order chi connectivity index (χ1) is 10.2. The van der Waals surface area contributed by atoms with Crippen LogP contribution in [0, 0.1) is 6.92 Å². The number of nitrogens with one attached hydrogen (secondary N) is 1. The Morgan fingerprint density at radius 1 is 1.48 bits per heavy atom. The molecule has 0 spiro atoms. The summed E-state index contributed by atoms with van der Waals surface area (Å²) in [6.45, 7) is 4.11. The number of hydrogen-bond acceptors (Lipinski definition) is 4. The lowest BCUT2D eigenvalue weighted by atomic mass is 10.0. The minimum absolute atomic E-state index is 0.0135. The molecule has 0 aliphatic carbocycles. The third kappa shape index (κ3) is 2.67. The van der Waals surface area contributed by atoms with Gasteiger partial charge in [-0.3, -0.25) is 14.5 Å². The number of piperazine rings is 1. The van der Waals surface area contributed by atoms with E-state index in [1.165, 1.54) is 0 Å². The van der Waals surface area contributed by atoms with Crippen molar-refractivity contribution in [2.24, 2.45) is 7.05 Å². The highest BCUT2D eigenvalue weighted by molar-refractivity contribution is 5.95. The zero-order valence-electron chi connectivity index (χ0n) is 12.3. The average Bonchev–Trinajstić information content (AvgIpc) is 2.86. The summed E-state index contributed by atoms with van der Waals surface area (Å²) in [6, 6.07) is 3.93. The third-order valence-electron chi connectivity index (χ3n) is 3.82. The van der Waals surface area contributed by atoms with E-state index >= 15 is 0 Å². The second-order valence-electron chi connectivity index (χ2n) is 5.31.